The van der Waals surface area contributed by atoms with Crippen molar-refractivity contribution in [3.63, 3.8) is 0 Å². The fourth-order valence-corrected chi connectivity index (χ4v) is 5.46. The Bertz CT molecular complexity index is 1030. The summed E-state index contributed by atoms with van der Waals surface area (Å²) in [6.45, 7) is -0.612. The lowest BCUT2D eigenvalue weighted by molar-refractivity contribution is -0.151. The first-order valence-electron chi connectivity index (χ1n) is 12.2. The van der Waals surface area contributed by atoms with E-state index >= 15 is 0 Å². The summed E-state index contributed by atoms with van der Waals surface area (Å²) in [6.07, 6.45) is 3.13. The Hall–Kier alpha value is -3.39. The summed E-state index contributed by atoms with van der Waals surface area (Å²) in [7, 11) is 0. The smallest absolute Gasteiger partial charge is 0.407 e. The zero-order valence-electron chi connectivity index (χ0n) is 19.7. The molecule has 1 fully saturated rings. The SMILES string of the molecule is O=C(O)CN(CCO)C(=O)C1(CNC(=O)OCC2c3ccccc3-c3ccccc32)CCCCC1. The Kier molecular flexibility index (Phi) is 7.70. The lowest BCUT2D eigenvalue weighted by Crippen LogP contribution is -2.52. The molecular formula is C27H32N2O6. The Morgan fingerprint density at radius 3 is 2.14 bits per heavy atom. The van der Waals surface area contributed by atoms with Gasteiger partial charge in [-0.25, -0.2) is 4.79 Å². The minimum absolute atomic E-state index is 0.0577. The van der Waals surface area contributed by atoms with Gasteiger partial charge in [0, 0.05) is 19.0 Å². The monoisotopic (exact) mass is 480 g/mol. The van der Waals surface area contributed by atoms with Gasteiger partial charge in [-0.1, -0.05) is 67.8 Å². The van der Waals surface area contributed by atoms with Gasteiger partial charge in [-0.05, 0) is 35.1 Å². The maximum absolute atomic E-state index is 13.4. The first-order chi connectivity index (χ1) is 16.9. The number of nitrogens with zero attached hydrogens (tertiary/aromatic N) is 1. The maximum Gasteiger partial charge on any atom is 0.407 e. The zero-order chi connectivity index (χ0) is 24.8. The highest BCUT2D eigenvalue weighted by molar-refractivity contribution is 5.87. The molecular weight excluding hydrogens is 448 g/mol. The van der Waals surface area contributed by atoms with Crippen LogP contribution in [0.3, 0.4) is 0 Å². The van der Waals surface area contributed by atoms with Gasteiger partial charge in [0.1, 0.15) is 13.2 Å². The van der Waals surface area contributed by atoms with Crippen LogP contribution in [0.1, 0.15) is 49.1 Å². The second kappa shape index (κ2) is 10.9. The standard InChI is InChI=1S/C27H32N2O6/c30-15-14-29(16-24(31)32)25(33)27(12-6-1-7-13-27)18-28-26(34)35-17-23-21-10-4-2-8-19(21)20-9-3-5-11-22(20)23/h2-5,8-11,23,30H,1,6-7,12-18H2,(H,28,34)(H,31,32). The Labute approximate surface area is 204 Å². The number of aliphatic carboxylic acids is 1. The molecule has 4 rings (SSSR count). The summed E-state index contributed by atoms with van der Waals surface area (Å²) >= 11 is 0. The molecule has 0 aromatic heterocycles. The van der Waals surface area contributed by atoms with E-state index in [1.54, 1.807) is 0 Å². The summed E-state index contributed by atoms with van der Waals surface area (Å²) < 4.78 is 5.62. The summed E-state index contributed by atoms with van der Waals surface area (Å²) in [5.41, 5.74) is 3.63. The Morgan fingerprint density at radius 1 is 0.971 bits per heavy atom. The predicted molar refractivity (Wildman–Crippen MR) is 130 cm³/mol. The third-order valence-corrected chi connectivity index (χ3v) is 7.16. The van der Waals surface area contributed by atoms with Gasteiger partial charge in [-0.3, -0.25) is 9.59 Å². The molecule has 0 radical (unpaired) electrons. The fraction of sp³-hybridized carbons (Fsp3) is 0.444. The number of rotatable bonds is 9. The molecule has 35 heavy (non-hydrogen) atoms. The van der Waals surface area contributed by atoms with Crippen LogP contribution >= 0.6 is 0 Å². The molecule has 2 aliphatic carbocycles. The number of hydrogen-bond donors (Lipinski definition) is 3. The number of nitrogens with one attached hydrogen (secondary N) is 1. The Balaban J connectivity index is 1.42. The van der Waals surface area contributed by atoms with Gasteiger partial charge < -0.3 is 25.2 Å². The number of carbonyl (C=O) groups excluding carboxylic acids is 2. The van der Waals surface area contributed by atoms with Crippen molar-refractivity contribution < 1.29 is 29.3 Å². The van der Waals surface area contributed by atoms with Crippen molar-refractivity contribution in [2.24, 2.45) is 5.41 Å². The van der Waals surface area contributed by atoms with Crippen LogP contribution in [0.25, 0.3) is 11.1 Å². The normalized spacial score (nSPS) is 16.1. The van der Waals surface area contributed by atoms with Crippen molar-refractivity contribution >= 4 is 18.0 Å². The molecule has 3 N–H and O–H groups in total. The van der Waals surface area contributed by atoms with E-state index in [2.05, 4.69) is 29.6 Å². The van der Waals surface area contributed by atoms with Crippen molar-refractivity contribution in [2.75, 3.05) is 32.8 Å². The van der Waals surface area contributed by atoms with Crippen molar-refractivity contribution in [2.45, 2.75) is 38.0 Å². The lowest BCUT2D eigenvalue weighted by atomic mass is 9.72. The maximum atomic E-state index is 13.4. The third kappa shape index (κ3) is 5.32. The molecule has 0 unspecified atom stereocenters. The number of fused-ring (bicyclic) bond motifs is 3. The first kappa shape index (κ1) is 24.7. The number of hydrogen-bond acceptors (Lipinski definition) is 5. The summed E-state index contributed by atoms with van der Waals surface area (Å²) in [5, 5.41) is 21.3. The molecule has 0 atom stereocenters. The minimum Gasteiger partial charge on any atom is -0.480 e. The van der Waals surface area contributed by atoms with Crippen LogP contribution in [0, 0.1) is 5.41 Å². The molecule has 2 aliphatic rings. The molecule has 186 valence electrons. The van der Waals surface area contributed by atoms with E-state index in [-0.39, 0.29) is 38.1 Å². The number of aliphatic hydroxyl groups is 1. The third-order valence-electron chi connectivity index (χ3n) is 7.16. The topological polar surface area (TPSA) is 116 Å². The predicted octanol–water partition coefficient (Wildman–Crippen LogP) is 3.38. The van der Waals surface area contributed by atoms with Crippen LogP contribution in [0.15, 0.2) is 48.5 Å². The molecule has 0 spiro atoms. The lowest BCUT2D eigenvalue weighted by Gasteiger charge is -2.39. The quantitative estimate of drug-likeness (QED) is 0.507. The largest absolute Gasteiger partial charge is 0.480 e. The summed E-state index contributed by atoms with van der Waals surface area (Å²) in [4.78, 5) is 38.5. The van der Waals surface area contributed by atoms with Gasteiger partial charge in [0.05, 0.1) is 12.0 Å². The molecule has 2 aromatic carbocycles. The fourth-order valence-electron chi connectivity index (χ4n) is 5.46. The molecule has 0 bridgehead atoms. The van der Waals surface area contributed by atoms with Crippen LogP contribution in [0.5, 0.6) is 0 Å². The minimum atomic E-state index is -1.14. The van der Waals surface area contributed by atoms with Crippen LogP contribution < -0.4 is 5.32 Å². The number of carbonyl (C=O) groups is 3. The Morgan fingerprint density at radius 2 is 1.57 bits per heavy atom. The highest BCUT2D eigenvalue weighted by atomic mass is 16.5. The molecule has 2 aromatic rings. The van der Waals surface area contributed by atoms with Gasteiger partial charge in [0.15, 0.2) is 0 Å². The molecule has 8 nitrogen and oxygen atoms in total. The molecule has 0 aliphatic heterocycles. The van der Waals surface area contributed by atoms with E-state index in [1.807, 2.05) is 24.3 Å². The number of carboxylic acid groups (broad SMARTS) is 1. The van der Waals surface area contributed by atoms with Gasteiger partial charge in [-0.15, -0.1) is 0 Å². The van der Waals surface area contributed by atoms with Crippen molar-refractivity contribution in [1.82, 2.24) is 10.2 Å². The first-order valence-corrected chi connectivity index (χ1v) is 12.2. The molecule has 0 heterocycles. The van der Waals surface area contributed by atoms with E-state index in [1.165, 1.54) is 4.90 Å². The number of aliphatic hydroxyl groups excluding tert-OH is 1. The molecule has 1 saturated carbocycles. The van der Waals surface area contributed by atoms with E-state index in [4.69, 9.17) is 4.74 Å². The van der Waals surface area contributed by atoms with Crippen LogP contribution in [0.4, 0.5) is 4.79 Å². The van der Waals surface area contributed by atoms with Crippen LogP contribution in [-0.2, 0) is 14.3 Å². The average Bonchev–Trinajstić information content (AvgIpc) is 3.19. The van der Waals surface area contributed by atoms with Crippen molar-refractivity contribution in [3.05, 3.63) is 59.7 Å². The highest BCUT2D eigenvalue weighted by Crippen LogP contribution is 2.44. The molecule has 0 saturated heterocycles. The number of ether oxygens (including phenoxy) is 1. The molecule has 2 amide bonds. The highest BCUT2D eigenvalue weighted by Gasteiger charge is 2.43. The number of amides is 2. The summed E-state index contributed by atoms with van der Waals surface area (Å²) in [5.74, 6) is -1.54. The average molecular weight is 481 g/mol. The van der Waals surface area contributed by atoms with Crippen molar-refractivity contribution in [1.29, 1.82) is 0 Å². The zero-order valence-corrected chi connectivity index (χ0v) is 19.7. The van der Waals surface area contributed by atoms with Gasteiger partial charge in [0.2, 0.25) is 5.91 Å². The van der Waals surface area contributed by atoms with E-state index in [0.29, 0.717) is 12.8 Å². The van der Waals surface area contributed by atoms with E-state index in [0.717, 1.165) is 41.5 Å². The second-order valence-electron chi connectivity index (χ2n) is 9.36. The van der Waals surface area contributed by atoms with Gasteiger partial charge in [0.25, 0.3) is 0 Å². The van der Waals surface area contributed by atoms with Gasteiger partial charge in [-0.2, -0.15) is 0 Å². The van der Waals surface area contributed by atoms with E-state index < -0.39 is 24.0 Å². The summed E-state index contributed by atoms with van der Waals surface area (Å²) in [6, 6.07) is 16.2. The van der Waals surface area contributed by atoms with E-state index in [9.17, 15) is 24.6 Å². The number of benzene rings is 2. The number of alkyl carbamates (subject to hydrolysis) is 1. The van der Waals surface area contributed by atoms with Crippen LogP contribution in [0.2, 0.25) is 0 Å². The second-order valence-corrected chi connectivity index (χ2v) is 9.36. The number of carboxylic acids is 1. The van der Waals surface area contributed by atoms with Gasteiger partial charge >= 0.3 is 12.1 Å². The van der Waals surface area contributed by atoms with Crippen molar-refractivity contribution in [3.8, 4) is 11.1 Å². The van der Waals surface area contributed by atoms with Crippen LogP contribution in [-0.4, -0.2) is 65.9 Å². The molecule has 8 heteroatoms.